The van der Waals surface area contributed by atoms with Crippen molar-refractivity contribution in [3.63, 3.8) is 0 Å². The second kappa shape index (κ2) is 7.45. The summed E-state index contributed by atoms with van der Waals surface area (Å²) in [5.41, 5.74) is 2.09. The van der Waals surface area contributed by atoms with Crippen LogP contribution in [0.3, 0.4) is 0 Å². The molecule has 0 radical (unpaired) electrons. The van der Waals surface area contributed by atoms with E-state index in [-0.39, 0.29) is 17.4 Å². The molecular formula is C21H22N4O2. The second-order valence-corrected chi connectivity index (χ2v) is 7.20. The molecule has 2 amide bonds. The largest absolute Gasteiger partial charge is 0.347 e. The third-order valence-corrected chi connectivity index (χ3v) is 3.80. The Balaban J connectivity index is 1.75. The lowest BCUT2D eigenvalue weighted by molar-refractivity contribution is 0.0918. The highest BCUT2D eigenvalue weighted by Crippen LogP contribution is 2.20. The molecule has 27 heavy (non-hydrogen) atoms. The number of carbonyl (C=O) groups is 2. The molecule has 6 heteroatoms. The predicted molar refractivity (Wildman–Crippen MR) is 105 cm³/mol. The maximum atomic E-state index is 12.6. The fraction of sp³-hybridized carbons (Fsp3) is 0.190. The summed E-state index contributed by atoms with van der Waals surface area (Å²) in [6, 6.07) is 15.8. The first-order valence-electron chi connectivity index (χ1n) is 8.66. The zero-order chi connectivity index (χ0) is 19.4. The molecule has 2 aromatic carbocycles. The first-order valence-corrected chi connectivity index (χ1v) is 8.66. The van der Waals surface area contributed by atoms with Crippen LogP contribution in [0, 0.1) is 0 Å². The van der Waals surface area contributed by atoms with Crippen LogP contribution < -0.4 is 10.6 Å². The molecule has 0 bridgehead atoms. The van der Waals surface area contributed by atoms with Gasteiger partial charge in [-0.1, -0.05) is 12.1 Å². The van der Waals surface area contributed by atoms with Gasteiger partial charge in [-0.15, -0.1) is 0 Å². The molecule has 0 spiro atoms. The van der Waals surface area contributed by atoms with Crippen molar-refractivity contribution in [1.29, 1.82) is 0 Å². The molecule has 0 aliphatic rings. The van der Waals surface area contributed by atoms with Gasteiger partial charge in [-0.2, -0.15) is 5.10 Å². The van der Waals surface area contributed by atoms with E-state index in [1.54, 1.807) is 35.1 Å². The fourth-order valence-electron chi connectivity index (χ4n) is 2.57. The van der Waals surface area contributed by atoms with E-state index in [0.29, 0.717) is 16.8 Å². The number of amides is 2. The maximum absolute atomic E-state index is 12.6. The van der Waals surface area contributed by atoms with Crippen molar-refractivity contribution in [2.24, 2.45) is 0 Å². The third-order valence-electron chi connectivity index (χ3n) is 3.80. The lowest BCUT2D eigenvalue weighted by Gasteiger charge is -2.20. The average molecular weight is 362 g/mol. The number of rotatable bonds is 4. The Labute approximate surface area is 158 Å². The SMILES string of the molecule is CC(C)(C)NC(=O)c1ccc(C(=O)Nc2ccccc2-n2cccn2)cc1. The van der Waals surface area contributed by atoms with Crippen molar-refractivity contribution >= 4 is 17.5 Å². The lowest BCUT2D eigenvalue weighted by atomic mass is 10.1. The molecule has 1 aromatic heterocycles. The lowest BCUT2D eigenvalue weighted by Crippen LogP contribution is -2.40. The molecule has 138 valence electrons. The number of para-hydroxylation sites is 2. The van der Waals surface area contributed by atoms with Gasteiger partial charge in [0.2, 0.25) is 0 Å². The van der Waals surface area contributed by atoms with Crippen LogP contribution in [0.2, 0.25) is 0 Å². The van der Waals surface area contributed by atoms with Crippen LogP contribution in [-0.4, -0.2) is 27.1 Å². The van der Waals surface area contributed by atoms with Gasteiger partial charge in [0.15, 0.2) is 0 Å². The van der Waals surface area contributed by atoms with Crippen molar-refractivity contribution in [2.45, 2.75) is 26.3 Å². The minimum Gasteiger partial charge on any atom is -0.347 e. The number of hydrogen-bond acceptors (Lipinski definition) is 3. The highest BCUT2D eigenvalue weighted by atomic mass is 16.2. The van der Waals surface area contributed by atoms with Crippen molar-refractivity contribution in [3.05, 3.63) is 78.1 Å². The Morgan fingerprint density at radius 3 is 2.11 bits per heavy atom. The Hall–Kier alpha value is -3.41. The molecule has 0 atom stereocenters. The van der Waals surface area contributed by atoms with Crippen LogP contribution in [0.5, 0.6) is 0 Å². The van der Waals surface area contributed by atoms with Crippen LogP contribution in [0.4, 0.5) is 5.69 Å². The Bertz CT molecular complexity index is 939. The zero-order valence-corrected chi connectivity index (χ0v) is 15.6. The van der Waals surface area contributed by atoms with Crippen molar-refractivity contribution in [3.8, 4) is 5.69 Å². The number of nitrogens with one attached hydrogen (secondary N) is 2. The molecule has 0 fully saturated rings. The minimum atomic E-state index is -0.316. The van der Waals surface area contributed by atoms with E-state index in [1.165, 1.54) is 0 Å². The summed E-state index contributed by atoms with van der Waals surface area (Å²) in [6.45, 7) is 5.76. The van der Waals surface area contributed by atoms with E-state index < -0.39 is 0 Å². The number of anilines is 1. The van der Waals surface area contributed by atoms with E-state index in [0.717, 1.165) is 5.69 Å². The molecule has 0 aliphatic heterocycles. The molecule has 3 aromatic rings. The summed E-state index contributed by atoms with van der Waals surface area (Å²) in [6.07, 6.45) is 3.49. The summed E-state index contributed by atoms with van der Waals surface area (Å²) < 4.78 is 1.69. The predicted octanol–water partition coefficient (Wildman–Crippen LogP) is 3.65. The molecule has 1 heterocycles. The second-order valence-electron chi connectivity index (χ2n) is 7.20. The zero-order valence-electron chi connectivity index (χ0n) is 15.6. The van der Waals surface area contributed by atoms with Crippen LogP contribution in [0.1, 0.15) is 41.5 Å². The van der Waals surface area contributed by atoms with Gasteiger partial charge in [-0.3, -0.25) is 9.59 Å². The van der Waals surface area contributed by atoms with Crippen molar-refractivity contribution in [1.82, 2.24) is 15.1 Å². The van der Waals surface area contributed by atoms with Gasteiger partial charge in [0.25, 0.3) is 11.8 Å². The van der Waals surface area contributed by atoms with Crippen LogP contribution >= 0.6 is 0 Å². The molecular weight excluding hydrogens is 340 g/mol. The van der Waals surface area contributed by atoms with Crippen molar-refractivity contribution < 1.29 is 9.59 Å². The molecule has 0 saturated heterocycles. The Morgan fingerprint density at radius 2 is 1.52 bits per heavy atom. The number of benzene rings is 2. The first kappa shape index (κ1) is 18.4. The first-order chi connectivity index (χ1) is 12.8. The standard InChI is InChI=1S/C21H22N4O2/c1-21(2,3)24-20(27)16-11-9-15(10-12-16)19(26)23-17-7-4-5-8-18(17)25-14-6-13-22-25/h4-14H,1-3H3,(H,23,26)(H,24,27). The molecule has 6 nitrogen and oxygen atoms in total. The number of aromatic nitrogens is 2. The smallest absolute Gasteiger partial charge is 0.255 e. The Morgan fingerprint density at radius 1 is 0.889 bits per heavy atom. The van der Waals surface area contributed by atoms with Crippen LogP contribution in [-0.2, 0) is 0 Å². The van der Waals surface area contributed by atoms with Crippen LogP contribution in [0.15, 0.2) is 67.0 Å². The number of carbonyl (C=O) groups excluding carboxylic acids is 2. The molecule has 3 rings (SSSR count). The van der Waals surface area contributed by atoms with E-state index in [2.05, 4.69) is 15.7 Å². The quantitative estimate of drug-likeness (QED) is 0.744. The van der Waals surface area contributed by atoms with Crippen LogP contribution in [0.25, 0.3) is 5.69 Å². The fourth-order valence-corrected chi connectivity index (χ4v) is 2.57. The van der Waals surface area contributed by atoms with Gasteiger partial charge < -0.3 is 10.6 Å². The highest BCUT2D eigenvalue weighted by Gasteiger charge is 2.16. The molecule has 0 aliphatic carbocycles. The summed E-state index contributed by atoms with van der Waals surface area (Å²) in [7, 11) is 0. The van der Waals surface area contributed by atoms with Gasteiger partial charge in [-0.25, -0.2) is 4.68 Å². The number of nitrogens with zero attached hydrogens (tertiary/aromatic N) is 2. The summed E-state index contributed by atoms with van der Waals surface area (Å²) in [5.74, 6) is -0.420. The average Bonchev–Trinajstić information content (AvgIpc) is 3.15. The number of hydrogen-bond donors (Lipinski definition) is 2. The van der Waals surface area contributed by atoms with Gasteiger partial charge in [0.05, 0.1) is 11.4 Å². The van der Waals surface area contributed by atoms with Gasteiger partial charge in [0.1, 0.15) is 0 Å². The summed E-state index contributed by atoms with van der Waals surface area (Å²) in [4.78, 5) is 24.8. The Kier molecular flexibility index (Phi) is 5.07. The van der Waals surface area contributed by atoms with E-state index >= 15 is 0 Å². The minimum absolute atomic E-state index is 0.168. The van der Waals surface area contributed by atoms with E-state index in [4.69, 9.17) is 0 Å². The topological polar surface area (TPSA) is 76.0 Å². The highest BCUT2D eigenvalue weighted by molar-refractivity contribution is 6.06. The van der Waals surface area contributed by atoms with Gasteiger partial charge in [0, 0.05) is 29.1 Å². The van der Waals surface area contributed by atoms with Gasteiger partial charge in [-0.05, 0) is 63.2 Å². The van der Waals surface area contributed by atoms with E-state index in [9.17, 15) is 9.59 Å². The van der Waals surface area contributed by atoms with E-state index in [1.807, 2.05) is 57.3 Å². The summed E-state index contributed by atoms with van der Waals surface area (Å²) in [5, 5.41) is 10.0. The summed E-state index contributed by atoms with van der Waals surface area (Å²) >= 11 is 0. The molecule has 0 saturated carbocycles. The monoisotopic (exact) mass is 362 g/mol. The maximum Gasteiger partial charge on any atom is 0.255 e. The van der Waals surface area contributed by atoms with Crippen molar-refractivity contribution in [2.75, 3.05) is 5.32 Å². The third kappa shape index (κ3) is 4.61. The molecule has 2 N–H and O–H groups in total. The van der Waals surface area contributed by atoms with Gasteiger partial charge >= 0.3 is 0 Å². The molecule has 0 unspecified atom stereocenters. The normalized spacial score (nSPS) is 11.1.